The van der Waals surface area contributed by atoms with Gasteiger partial charge in [0.15, 0.2) is 0 Å². The largest absolute Gasteiger partial charge is 0.326 e. The van der Waals surface area contributed by atoms with E-state index in [-0.39, 0.29) is 0 Å². The number of nitrogens with zero attached hydrogens (tertiary/aromatic N) is 1. The van der Waals surface area contributed by atoms with Crippen LogP contribution < -0.4 is 4.72 Å². The summed E-state index contributed by atoms with van der Waals surface area (Å²) in [7, 11) is 0. The molecule has 0 atom stereocenters. The second-order valence-electron chi connectivity index (χ2n) is 2.75. The minimum Gasteiger partial charge on any atom is -0.326 e. The van der Waals surface area contributed by atoms with Gasteiger partial charge in [0.2, 0.25) is 0 Å². The zero-order chi connectivity index (χ0) is 9.64. The highest BCUT2D eigenvalue weighted by Crippen LogP contribution is 2.19. The molecule has 1 heterocycles. The summed E-state index contributed by atoms with van der Waals surface area (Å²) in [5.74, 6) is 0. The number of pyridine rings is 1. The van der Waals surface area contributed by atoms with E-state index >= 15 is 0 Å². The van der Waals surface area contributed by atoms with Gasteiger partial charge < -0.3 is 4.72 Å². The monoisotopic (exact) mass is 202 g/mol. The van der Waals surface area contributed by atoms with Crippen molar-refractivity contribution < 1.29 is 0 Å². The molecule has 0 bridgehead atoms. The fourth-order valence-electron chi connectivity index (χ4n) is 1.03. The van der Waals surface area contributed by atoms with Crippen molar-refractivity contribution in [1.82, 2.24) is 4.98 Å². The lowest BCUT2D eigenvalue weighted by Crippen LogP contribution is -1.85. The van der Waals surface area contributed by atoms with Crippen molar-refractivity contribution in [2.45, 2.75) is 4.90 Å². The molecule has 1 N–H and O–H groups in total. The number of benzene rings is 1. The third kappa shape index (κ3) is 2.50. The molecule has 0 radical (unpaired) electrons. The lowest BCUT2D eigenvalue weighted by atomic mass is 10.3. The van der Waals surface area contributed by atoms with Gasteiger partial charge in [-0.15, -0.1) is 0 Å². The highest BCUT2D eigenvalue weighted by molar-refractivity contribution is 8.00. The highest BCUT2D eigenvalue weighted by atomic mass is 32.2. The van der Waals surface area contributed by atoms with E-state index in [0.717, 1.165) is 10.6 Å². The molecule has 0 spiro atoms. The molecule has 0 fully saturated rings. The Hall–Kier alpha value is -1.48. The lowest BCUT2D eigenvalue weighted by molar-refractivity contribution is 1.26. The van der Waals surface area contributed by atoms with Crippen LogP contribution in [0.4, 0.5) is 5.69 Å². The number of aromatic nitrogens is 1. The van der Waals surface area contributed by atoms with E-state index < -0.39 is 0 Å². The SMILES string of the molecule is c1ccc(NSc2ccncc2)cc1. The quantitative estimate of drug-likeness (QED) is 0.774. The number of anilines is 1. The van der Waals surface area contributed by atoms with Gasteiger partial charge in [0, 0.05) is 23.0 Å². The summed E-state index contributed by atoms with van der Waals surface area (Å²) in [5.41, 5.74) is 1.11. The molecule has 0 saturated heterocycles. The second-order valence-corrected chi connectivity index (χ2v) is 3.63. The van der Waals surface area contributed by atoms with Crippen LogP contribution in [-0.2, 0) is 0 Å². The fraction of sp³-hybridized carbons (Fsp3) is 0. The number of hydrogen-bond acceptors (Lipinski definition) is 3. The molecule has 2 aromatic rings. The number of nitrogens with one attached hydrogen (secondary N) is 1. The van der Waals surface area contributed by atoms with Crippen LogP contribution in [0, 0.1) is 0 Å². The molecule has 0 aliphatic rings. The molecule has 0 amide bonds. The zero-order valence-corrected chi connectivity index (χ0v) is 8.37. The van der Waals surface area contributed by atoms with E-state index in [4.69, 9.17) is 0 Å². The Balaban J connectivity index is 1.96. The van der Waals surface area contributed by atoms with Gasteiger partial charge in [0.25, 0.3) is 0 Å². The first-order valence-corrected chi connectivity index (χ1v) is 5.15. The first-order valence-electron chi connectivity index (χ1n) is 4.33. The Morgan fingerprint density at radius 2 is 1.64 bits per heavy atom. The predicted molar refractivity (Wildman–Crippen MR) is 60.2 cm³/mol. The Morgan fingerprint density at radius 3 is 2.36 bits per heavy atom. The van der Waals surface area contributed by atoms with E-state index in [1.807, 2.05) is 42.5 Å². The van der Waals surface area contributed by atoms with Crippen LogP contribution in [0.25, 0.3) is 0 Å². The topological polar surface area (TPSA) is 24.9 Å². The summed E-state index contributed by atoms with van der Waals surface area (Å²) in [5, 5.41) is 0. The Bertz CT molecular complexity index is 336. The molecule has 0 aliphatic carbocycles. The second kappa shape index (κ2) is 4.67. The van der Waals surface area contributed by atoms with Crippen LogP contribution in [0.2, 0.25) is 0 Å². The van der Waals surface area contributed by atoms with Crippen LogP contribution in [0.5, 0.6) is 0 Å². The average molecular weight is 202 g/mol. The smallest absolute Gasteiger partial charge is 0.0443 e. The van der Waals surface area contributed by atoms with Crippen LogP contribution in [0.15, 0.2) is 59.8 Å². The lowest BCUT2D eigenvalue weighted by Gasteiger charge is -2.03. The zero-order valence-electron chi connectivity index (χ0n) is 7.55. The summed E-state index contributed by atoms with van der Waals surface area (Å²) >= 11 is 1.58. The van der Waals surface area contributed by atoms with Crippen LogP contribution >= 0.6 is 11.9 Å². The Kier molecular flexibility index (Phi) is 3.03. The standard InChI is InChI=1S/C11H10N2S/c1-2-4-10(5-3-1)13-14-11-6-8-12-9-7-11/h1-9,13H. The third-order valence-electron chi connectivity index (χ3n) is 1.71. The molecule has 0 saturated carbocycles. The van der Waals surface area contributed by atoms with Crippen LogP contribution in [-0.4, -0.2) is 4.98 Å². The van der Waals surface area contributed by atoms with Gasteiger partial charge in [-0.2, -0.15) is 0 Å². The van der Waals surface area contributed by atoms with Crippen LogP contribution in [0.3, 0.4) is 0 Å². The maximum atomic E-state index is 3.96. The minimum absolute atomic E-state index is 1.11. The van der Waals surface area contributed by atoms with Crippen molar-refractivity contribution in [2.75, 3.05) is 4.72 Å². The third-order valence-corrected chi connectivity index (χ3v) is 2.56. The Morgan fingerprint density at radius 1 is 0.929 bits per heavy atom. The average Bonchev–Trinajstić information content (AvgIpc) is 2.29. The number of rotatable bonds is 3. The summed E-state index contributed by atoms with van der Waals surface area (Å²) in [6.07, 6.45) is 3.57. The normalized spacial score (nSPS) is 9.71. The van der Waals surface area contributed by atoms with E-state index in [9.17, 15) is 0 Å². The van der Waals surface area contributed by atoms with Crippen molar-refractivity contribution in [3.05, 3.63) is 54.9 Å². The minimum atomic E-state index is 1.11. The van der Waals surface area contributed by atoms with E-state index in [1.165, 1.54) is 0 Å². The predicted octanol–water partition coefficient (Wildman–Crippen LogP) is 3.20. The van der Waals surface area contributed by atoms with Gasteiger partial charge in [-0.05, 0) is 36.2 Å². The molecule has 0 aliphatic heterocycles. The van der Waals surface area contributed by atoms with Gasteiger partial charge in [-0.25, -0.2) is 0 Å². The van der Waals surface area contributed by atoms with Gasteiger partial charge in [-0.3, -0.25) is 4.98 Å². The molecular weight excluding hydrogens is 192 g/mol. The van der Waals surface area contributed by atoms with Crippen molar-refractivity contribution >= 4 is 17.6 Å². The molecule has 0 unspecified atom stereocenters. The summed E-state index contributed by atoms with van der Waals surface area (Å²) in [6.45, 7) is 0. The van der Waals surface area contributed by atoms with Crippen molar-refractivity contribution in [1.29, 1.82) is 0 Å². The first-order chi connectivity index (χ1) is 6.95. The molecule has 2 nitrogen and oxygen atoms in total. The molecule has 2 rings (SSSR count). The number of hydrogen-bond donors (Lipinski definition) is 1. The molecule has 70 valence electrons. The van der Waals surface area contributed by atoms with Gasteiger partial charge >= 0.3 is 0 Å². The summed E-state index contributed by atoms with van der Waals surface area (Å²) in [6, 6.07) is 14.0. The Labute approximate surface area is 87.5 Å². The van der Waals surface area contributed by atoms with Gasteiger partial charge in [0.05, 0.1) is 0 Å². The van der Waals surface area contributed by atoms with Crippen molar-refractivity contribution in [2.24, 2.45) is 0 Å². The van der Waals surface area contributed by atoms with Gasteiger partial charge in [0.1, 0.15) is 0 Å². The van der Waals surface area contributed by atoms with Crippen molar-refractivity contribution in [3.63, 3.8) is 0 Å². The first kappa shape index (κ1) is 9.09. The van der Waals surface area contributed by atoms with Gasteiger partial charge in [-0.1, -0.05) is 18.2 Å². The maximum absolute atomic E-state index is 3.96. The van der Waals surface area contributed by atoms with E-state index in [1.54, 1.807) is 24.3 Å². The molecule has 1 aromatic heterocycles. The molecule has 1 aromatic carbocycles. The highest BCUT2D eigenvalue weighted by Gasteiger charge is 1.92. The summed E-state index contributed by atoms with van der Waals surface area (Å²) in [4.78, 5) is 5.12. The molecular formula is C11H10N2S. The van der Waals surface area contributed by atoms with E-state index in [0.29, 0.717) is 0 Å². The fourth-order valence-corrected chi connectivity index (χ4v) is 1.66. The number of para-hydroxylation sites is 1. The van der Waals surface area contributed by atoms with Crippen molar-refractivity contribution in [3.8, 4) is 0 Å². The van der Waals surface area contributed by atoms with E-state index in [2.05, 4.69) is 9.71 Å². The molecule has 14 heavy (non-hydrogen) atoms. The summed E-state index contributed by atoms with van der Waals surface area (Å²) < 4.78 is 3.25. The maximum Gasteiger partial charge on any atom is 0.0443 e. The molecule has 3 heteroatoms. The van der Waals surface area contributed by atoms with Crippen LogP contribution in [0.1, 0.15) is 0 Å².